The van der Waals surface area contributed by atoms with Gasteiger partial charge in [-0.25, -0.2) is 4.90 Å². The van der Waals surface area contributed by atoms with Crippen LogP contribution in [0.15, 0.2) is 53.1 Å². The number of nitro benzene ring substituents is 1. The number of anilines is 1. The van der Waals surface area contributed by atoms with E-state index in [-0.39, 0.29) is 41.0 Å². The van der Waals surface area contributed by atoms with Gasteiger partial charge in [-0.1, -0.05) is 24.6 Å². The Morgan fingerprint density at radius 3 is 2.69 bits per heavy atom. The fourth-order valence-corrected chi connectivity index (χ4v) is 7.14. The first-order valence-corrected chi connectivity index (χ1v) is 15.0. The highest BCUT2D eigenvalue weighted by molar-refractivity contribution is 14.1. The van der Waals surface area contributed by atoms with Gasteiger partial charge in [-0.05, 0) is 83.2 Å². The molecular weight excluding hydrogens is 655 g/mol. The molecule has 2 amide bonds. The Kier molecular flexibility index (Phi) is 9.00. The predicted octanol–water partition coefficient (Wildman–Crippen LogP) is 5.65. The molecule has 1 aliphatic carbocycles. The average Bonchev–Trinajstić information content (AvgIpc) is 3.51. The van der Waals surface area contributed by atoms with Gasteiger partial charge < -0.3 is 19.3 Å². The summed E-state index contributed by atoms with van der Waals surface area (Å²) in [5, 5.41) is 21.5. The number of phenols is 1. The number of carbonyl (C=O) groups is 2. The molecule has 2 aromatic carbocycles. The Hall–Kier alpha value is -3.29. The number of imide groups is 1. The second-order valence-electron chi connectivity index (χ2n) is 10.8. The molecule has 3 aliphatic rings. The molecule has 2 fully saturated rings. The molecule has 0 saturated carbocycles. The summed E-state index contributed by atoms with van der Waals surface area (Å²) in [5.74, 6) is -1.52. The molecule has 11 heteroatoms. The number of phenolic OH excluding ortho intramolecular Hbond substituents is 1. The third kappa shape index (κ3) is 5.57. The molecule has 0 bridgehead atoms. The van der Waals surface area contributed by atoms with E-state index >= 15 is 0 Å². The van der Waals surface area contributed by atoms with Crippen LogP contribution in [-0.2, 0) is 19.1 Å². The van der Waals surface area contributed by atoms with Gasteiger partial charge in [-0.15, -0.1) is 0 Å². The van der Waals surface area contributed by atoms with Crippen molar-refractivity contribution in [3.8, 4) is 11.5 Å². The molecule has 1 N–H and O–H groups in total. The van der Waals surface area contributed by atoms with Crippen molar-refractivity contribution in [3.63, 3.8) is 0 Å². The summed E-state index contributed by atoms with van der Waals surface area (Å²) in [4.78, 5) is 39.2. The van der Waals surface area contributed by atoms with E-state index in [1.54, 1.807) is 13.2 Å². The third-order valence-electron chi connectivity index (χ3n) is 8.45. The number of aromatic hydroxyl groups is 1. The minimum Gasteiger partial charge on any atom is -0.504 e. The summed E-state index contributed by atoms with van der Waals surface area (Å²) in [7, 11) is 3.14. The summed E-state index contributed by atoms with van der Waals surface area (Å²) < 4.78 is 17.9. The second kappa shape index (κ2) is 12.5. The van der Waals surface area contributed by atoms with Gasteiger partial charge in [-0.2, -0.15) is 0 Å². The third-order valence-corrected chi connectivity index (χ3v) is 9.27. The fraction of sp³-hybridized carbons (Fsp3) is 0.419. The maximum absolute atomic E-state index is 13.8. The number of carbonyl (C=O) groups excluding carboxylic acids is 2. The predicted molar refractivity (Wildman–Crippen MR) is 164 cm³/mol. The zero-order valence-corrected chi connectivity index (χ0v) is 25.8. The minimum atomic E-state index is -0.579. The maximum atomic E-state index is 13.8. The normalized spacial score (nSPS) is 23.8. The number of halogens is 1. The van der Waals surface area contributed by atoms with E-state index in [0.717, 1.165) is 34.5 Å². The number of benzene rings is 2. The molecule has 2 aromatic rings. The van der Waals surface area contributed by atoms with E-state index < -0.39 is 16.8 Å². The van der Waals surface area contributed by atoms with Crippen molar-refractivity contribution < 1.29 is 33.8 Å². The van der Waals surface area contributed by atoms with Gasteiger partial charge >= 0.3 is 0 Å². The molecule has 0 spiro atoms. The summed E-state index contributed by atoms with van der Waals surface area (Å²) in [6.07, 6.45) is 4.59. The molecule has 2 heterocycles. The lowest BCUT2D eigenvalue weighted by molar-refractivity contribution is -0.384. The number of hydrogen-bond donors (Lipinski definition) is 1. The van der Waals surface area contributed by atoms with Gasteiger partial charge in [0.2, 0.25) is 11.8 Å². The number of rotatable bonds is 10. The number of amides is 2. The second-order valence-corrected chi connectivity index (χ2v) is 12.0. The first kappa shape index (κ1) is 30.2. The number of fused-ring (bicyclic) bond motifs is 3. The number of non-ortho nitro benzene ring substituents is 1. The largest absolute Gasteiger partial charge is 0.504 e. The smallest absolute Gasteiger partial charge is 0.271 e. The monoisotopic (exact) mass is 688 g/mol. The lowest BCUT2D eigenvalue weighted by atomic mass is 9.69. The van der Waals surface area contributed by atoms with E-state index in [9.17, 15) is 24.8 Å². The Morgan fingerprint density at radius 2 is 2.00 bits per heavy atom. The van der Waals surface area contributed by atoms with Crippen molar-refractivity contribution in [2.75, 3.05) is 32.3 Å². The van der Waals surface area contributed by atoms with Crippen molar-refractivity contribution in [1.29, 1.82) is 0 Å². The number of nitrogens with zero attached hydrogens (tertiary/aromatic N) is 2. The summed E-state index contributed by atoms with van der Waals surface area (Å²) in [6.45, 7) is 2.77. The highest BCUT2D eigenvalue weighted by atomic mass is 127. The Balaban J connectivity index is 1.39. The van der Waals surface area contributed by atoms with Crippen LogP contribution in [0.3, 0.4) is 0 Å². The SMILES string of the molecule is CC/C(=C\c1cc(I)c(O)c(OC)c1)CC[C@H]1OC[C@H]2C1=C(COC)C[C@H]1C(=O)N(c3cccc([N+](=O)[O-])c3)C(=O)[C@H]12. The lowest BCUT2D eigenvalue weighted by Gasteiger charge is -2.31. The van der Waals surface area contributed by atoms with Gasteiger partial charge in [0.05, 0.1) is 52.4 Å². The van der Waals surface area contributed by atoms with Gasteiger partial charge in [0.1, 0.15) is 0 Å². The Bertz CT molecular complexity index is 1490. The highest BCUT2D eigenvalue weighted by Gasteiger charge is 2.57. The van der Waals surface area contributed by atoms with Crippen LogP contribution in [0.1, 0.15) is 38.2 Å². The zero-order valence-electron chi connectivity index (χ0n) is 23.7. The number of hydrogen-bond acceptors (Lipinski definition) is 8. The average molecular weight is 689 g/mol. The maximum Gasteiger partial charge on any atom is 0.271 e. The van der Waals surface area contributed by atoms with Gasteiger partial charge in [0, 0.05) is 25.2 Å². The fourth-order valence-electron chi connectivity index (χ4n) is 6.52. The summed E-state index contributed by atoms with van der Waals surface area (Å²) in [5.41, 5.74) is 4.23. The van der Waals surface area contributed by atoms with E-state index in [4.69, 9.17) is 14.2 Å². The van der Waals surface area contributed by atoms with E-state index in [0.29, 0.717) is 35.4 Å². The number of allylic oxidation sites excluding steroid dienone is 1. The highest BCUT2D eigenvalue weighted by Crippen LogP contribution is 2.50. The van der Waals surface area contributed by atoms with Crippen LogP contribution < -0.4 is 9.64 Å². The van der Waals surface area contributed by atoms with Crippen LogP contribution in [0.25, 0.3) is 6.08 Å². The number of methoxy groups -OCH3 is 2. The molecule has 0 radical (unpaired) electrons. The molecule has 5 rings (SSSR count). The molecule has 2 aliphatic heterocycles. The van der Waals surface area contributed by atoms with E-state index in [1.165, 1.54) is 30.9 Å². The molecule has 0 unspecified atom stereocenters. The van der Waals surface area contributed by atoms with Crippen LogP contribution in [0, 0.1) is 31.4 Å². The van der Waals surface area contributed by atoms with Gasteiger partial charge in [0.15, 0.2) is 11.5 Å². The van der Waals surface area contributed by atoms with Crippen molar-refractivity contribution in [1.82, 2.24) is 0 Å². The summed E-state index contributed by atoms with van der Waals surface area (Å²) >= 11 is 2.08. The topological polar surface area (TPSA) is 128 Å². The van der Waals surface area contributed by atoms with Crippen LogP contribution in [0.5, 0.6) is 11.5 Å². The Morgan fingerprint density at radius 1 is 1.21 bits per heavy atom. The van der Waals surface area contributed by atoms with Crippen LogP contribution in [-0.4, -0.2) is 55.4 Å². The van der Waals surface area contributed by atoms with Gasteiger partial charge in [-0.3, -0.25) is 19.7 Å². The molecule has 222 valence electrons. The standard InChI is InChI=1S/C31H33IN2O8/c1-4-17(10-18-11-24(32)29(35)26(12-18)41-3)8-9-25-27-19(15-40-2)13-22-28(23(27)16-42-25)31(37)33(30(22)36)20-6-5-7-21(14-20)34(38)39/h5-7,10-12,14,22-23,25,28,35H,4,8-9,13,15-16H2,1-3H3/b17-10+/t22-,23+,25-,28-/m1/s1. The molecule has 10 nitrogen and oxygen atoms in total. The minimum absolute atomic E-state index is 0.121. The zero-order chi connectivity index (χ0) is 30.1. The van der Waals surface area contributed by atoms with Crippen LogP contribution in [0.4, 0.5) is 11.4 Å². The van der Waals surface area contributed by atoms with E-state index in [2.05, 4.69) is 35.6 Å². The molecular formula is C31H33IN2O8. The first-order chi connectivity index (χ1) is 20.2. The van der Waals surface area contributed by atoms with Crippen molar-refractivity contribution in [3.05, 3.63) is 72.4 Å². The van der Waals surface area contributed by atoms with Crippen molar-refractivity contribution in [2.45, 2.75) is 38.7 Å². The van der Waals surface area contributed by atoms with E-state index in [1.807, 2.05) is 12.1 Å². The molecule has 2 saturated heterocycles. The quantitative estimate of drug-likeness (QED) is 0.112. The van der Waals surface area contributed by atoms with Crippen LogP contribution >= 0.6 is 22.6 Å². The Labute approximate surface area is 257 Å². The van der Waals surface area contributed by atoms with Crippen molar-refractivity contribution in [2.24, 2.45) is 17.8 Å². The first-order valence-electron chi connectivity index (χ1n) is 13.9. The number of ether oxygens (including phenoxy) is 3. The molecule has 4 atom stereocenters. The molecule has 0 aromatic heterocycles. The van der Waals surface area contributed by atoms with Crippen LogP contribution in [0.2, 0.25) is 0 Å². The molecule has 42 heavy (non-hydrogen) atoms. The number of nitro groups is 1. The summed E-state index contributed by atoms with van der Waals surface area (Å²) in [6, 6.07) is 9.37. The van der Waals surface area contributed by atoms with Gasteiger partial charge in [0.25, 0.3) is 5.69 Å². The lowest BCUT2D eigenvalue weighted by Crippen LogP contribution is -2.35. The van der Waals surface area contributed by atoms with Crippen molar-refractivity contribution >= 4 is 51.9 Å².